The third-order valence-corrected chi connectivity index (χ3v) is 11.8. The van der Waals surface area contributed by atoms with E-state index in [1.165, 1.54) is 26.0 Å². The standard InChI is InChI=1S/C39H54F3N5O10S/c1-9-24(4)33(46(6)36(50)32(23(2)3)44-57-37(51)26-14-11-10-12-15-26)30(55-7)22-31(48)47-21-13-16-29(47)34(56-8)25(5)35(49)45-58(53,54)28-19-17-27(18-20-28)43-38(52)39(40,41)42/h10-12,14-15,17-20,23-25,29-30,32-34,44H,9,13,16,21-22H2,1-8H3,(H,43,52)(H,45,49)/t24-,25+,29-,30+,32-,33-,34+/m0/s1. The summed E-state index contributed by atoms with van der Waals surface area (Å²) < 4.78 is 77.6. The molecule has 0 radical (unpaired) electrons. The second-order valence-corrected chi connectivity index (χ2v) is 16.3. The summed E-state index contributed by atoms with van der Waals surface area (Å²) in [4.78, 5) is 73.3. The van der Waals surface area contributed by atoms with Crippen LogP contribution in [0.1, 0.15) is 70.7 Å². The van der Waals surface area contributed by atoms with Crippen molar-refractivity contribution in [3.63, 3.8) is 0 Å². The molecule has 0 saturated carbocycles. The van der Waals surface area contributed by atoms with Gasteiger partial charge in [0.05, 0.1) is 47.1 Å². The largest absolute Gasteiger partial charge is 0.471 e. The maximum absolute atomic E-state index is 14.1. The highest BCUT2D eigenvalue weighted by Crippen LogP contribution is 2.30. The number of likely N-dealkylation sites (N-methyl/N-ethyl adjacent to an activating group) is 1. The second kappa shape index (κ2) is 20.9. The number of nitrogens with one attached hydrogen (secondary N) is 3. The van der Waals surface area contributed by atoms with Crippen molar-refractivity contribution in [1.82, 2.24) is 20.0 Å². The summed E-state index contributed by atoms with van der Waals surface area (Å²) in [6, 6.07) is 9.91. The highest BCUT2D eigenvalue weighted by molar-refractivity contribution is 7.90. The molecule has 2 aromatic rings. The van der Waals surface area contributed by atoms with Crippen LogP contribution < -0.4 is 15.5 Å². The number of benzene rings is 2. The fourth-order valence-corrected chi connectivity index (χ4v) is 8.01. The van der Waals surface area contributed by atoms with Gasteiger partial charge >= 0.3 is 18.1 Å². The lowest BCUT2D eigenvalue weighted by Gasteiger charge is -2.40. The summed E-state index contributed by atoms with van der Waals surface area (Å²) >= 11 is 0. The number of hydroxylamine groups is 1. The van der Waals surface area contributed by atoms with Gasteiger partial charge in [-0.15, -0.1) is 5.48 Å². The molecule has 0 bridgehead atoms. The Bertz CT molecular complexity index is 1830. The Balaban J connectivity index is 1.74. The Morgan fingerprint density at radius 1 is 0.948 bits per heavy atom. The fraction of sp³-hybridized carbons (Fsp3) is 0.564. The summed E-state index contributed by atoms with van der Waals surface area (Å²) in [5, 5.41) is 1.61. The van der Waals surface area contributed by atoms with E-state index in [1.807, 2.05) is 18.6 Å². The van der Waals surface area contributed by atoms with Gasteiger partial charge in [-0.2, -0.15) is 13.2 Å². The van der Waals surface area contributed by atoms with E-state index in [9.17, 15) is 45.6 Å². The molecule has 1 fully saturated rings. The van der Waals surface area contributed by atoms with E-state index in [1.54, 1.807) is 61.4 Å². The van der Waals surface area contributed by atoms with Gasteiger partial charge in [0.25, 0.3) is 10.0 Å². The molecule has 322 valence electrons. The average molecular weight is 842 g/mol. The summed E-state index contributed by atoms with van der Waals surface area (Å²) in [7, 11) is -0.111. The number of rotatable bonds is 19. The summed E-state index contributed by atoms with van der Waals surface area (Å²) in [6.07, 6.45) is -5.39. The van der Waals surface area contributed by atoms with Crippen molar-refractivity contribution in [2.45, 2.75) is 102 Å². The van der Waals surface area contributed by atoms with Gasteiger partial charge in [-0.1, -0.05) is 59.2 Å². The number of anilines is 1. The molecule has 58 heavy (non-hydrogen) atoms. The number of hydrogen-bond donors (Lipinski definition) is 3. The van der Waals surface area contributed by atoms with Crippen LogP contribution in [-0.2, 0) is 43.5 Å². The molecule has 3 rings (SSSR count). The molecule has 2 aromatic carbocycles. The van der Waals surface area contributed by atoms with Crippen LogP contribution in [0.5, 0.6) is 0 Å². The molecule has 0 unspecified atom stereocenters. The maximum atomic E-state index is 14.1. The summed E-state index contributed by atoms with van der Waals surface area (Å²) in [6.45, 7) is 9.25. The van der Waals surface area contributed by atoms with Gasteiger partial charge in [-0.3, -0.25) is 19.2 Å². The number of amides is 4. The Morgan fingerprint density at radius 3 is 2.10 bits per heavy atom. The van der Waals surface area contributed by atoms with Gasteiger partial charge in [0, 0.05) is 33.5 Å². The summed E-state index contributed by atoms with van der Waals surface area (Å²) in [5.74, 6) is -6.11. The fourth-order valence-electron chi connectivity index (χ4n) is 6.95. The zero-order valence-corrected chi connectivity index (χ0v) is 34.7. The molecule has 0 aliphatic carbocycles. The van der Waals surface area contributed by atoms with Crippen molar-refractivity contribution in [2.75, 3.05) is 33.1 Å². The number of ether oxygens (including phenoxy) is 2. The van der Waals surface area contributed by atoms with Crippen LogP contribution >= 0.6 is 0 Å². The zero-order chi connectivity index (χ0) is 43.5. The van der Waals surface area contributed by atoms with Gasteiger partial charge in [-0.25, -0.2) is 17.9 Å². The van der Waals surface area contributed by atoms with Crippen LogP contribution in [0.2, 0.25) is 0 Å². The third-order valence-electron chi connectivity index (χ3n) is 10.4. The number of carbonyl (C=O) groups excluding carboxylic acids is 5. The van der Waals surface area contributed by atoms with Crippen molar-refractivity contribution in [3.05, 3.63) is 60.2 Å². The van der Waals surface area contributed by atoms with Crippen LogP contribution in [0.25, 0.3) is 0 Å². The Morgan fingerprint density at radius 2 is 1.57 bits per heavy atom. The molecule has 1 heterocycles. The number of alkyl halides is 3. The Kier molecular flexibility index (Phi) is 17.2. The lowest BCUT2D eigenvalue weighted by atomic mass is 9.89. The summed E-state index contributed by atoms with van der Waals surface area (Å²) in [5.41, 5.74) is 2.64. The highest BCUT2D eigenvalue weighted by atomic mass is 32.2. The average Bonchev–Trinajstić information content (AvgIpc) is 3.67. The lowest BCUT2D eigenvalue weighted by molar-refractivity contribution is -0.167. The van der Waals surface area contributed by atoms with Gasteiger partial charge in [-0.05, 0) is 61.1 Å². The number of carbonyl (C=O) groups is 5. The molecule has 0 spiro atoms. The van der Waals surface area contributed by atoms with Crippen molar-refractivity contribution in [1.29, 1.82) is 0 Å². The maximum Gasteiger partial charge on any atom is 0.471 e. The van der Waals surface area contributed by atoms with Crippen LogP contribution in [0.4, 0.5) is 18.9 Å². The van der Waals surface area contributed by atoms with E-state index < -0.39 is 75.1 Å². The molecule has 0 aromatic heterocycles. The zero-order valence-electron chi connectivity index (χ0n) is 33.9. The van der Waals surface area contributed by atoms with Crippen molar-refractivity contribution >= 4 is 45.3 Å². The molecule has 7 atom stereocenters. The van der Waals surface area contributed by atoms with E-state index in [0.29, 0.717) is 31.4 Å². The van der Waals surface area contributed by atoms with E-state index in [0.717, 1.165) is 24.3 Å². The number of sulfonamides is 1. The minimum Gasteiger partial charge on any atom is -0.379 e. The van der Waals surface area contributed by atoms with Crippen molar-refractivity contribution in [3.8, 4) is 0 Å². The molecule has 3 N–H and O–H groups in total. The minimum absolute atomic E-state index is 0.145. The first-order valence-electron chi connectivity index (χ1n) is 18.9. The van der Waals surface area contributed by atoms with E-state index in [4.69, 9.17) is 14.3 Å². The van der Waals surface area contributed by atoms with Crippen molar-refractivity contribution < 1.29 is 59.9 Å². The van der Waals surface area contributed by atoms with Crippen molar-refractivity contribution in [2.24, 2.45) is 17.8 Å². The third kappa shape index (κ3) is 12.2. The molecular weight excluding hydrogens is 788 g/mol. The normalized spacial score (nSPS) is 17.7. The first kappa shape index (κ1) is 47.8. The molecule has 15 nitrogen and oxygen atoms in total. The second-order valence-electron chi connectivity index (χ2n) is 14.6. The Hall–Kier alpha value is -4.59. The molecule has 1 saturated heterocycles. The molecule has 1 aliphatic heterocycles. The SMILES string of the molecule is CC[C@H](C)[C@@H]([C@@H](CC(=O)N1CCC[C@H]1[C@H](OC)[C@@H](C)C(=O)NS(=O)(=O)c1ccc(NC(=O)C(F)(F)F)cc1)OC)N(C)C(=O)[C@@H](NOC(=O)c1ccccc1)C(C)C. The van der Waals surface area contributed by atoms with Crippen LogP contribution in [0.3, 0.4) is 0 Å². The first-order chi connectivity index (χ1) is 27.2. The van der Waals surface area contributed by atoms with E-state index in [2.05, 4.69) is 5.48 Å². The molecular formula is C39H54F3N5O10S. The lowest BCUT2D eigenvalue weighted by Crippen LogP contribution is -2.57. The Labute approximate surface area is 337 Å². The smallest absolute Gasteiger partial charge is 0.379 e. The van der Waals surface area contributed by atoms with Gasteiger partial charge < -0.3 is 29.4 Å². The predicted octanol–water partition coefficient (Wildman–Crippen LogP) is 4.30. The van der Waals surface area contributed by atoms with Gasteiger partial charge in [0.2, 0.25) is 17.7 Å². The number of nitrogens with zero attached hydrogens (tertiary/aromatic N) is 2. The first-order valence-corrected chi connectivity index (χ1v) is 20.3. The molecule has 1 aliphatic rings. The highest BCUT2D eigenvalue weighted by Gasteiger charge is 2.43. The van der Waals surface area contributed by atoms with Crippen LogP contribution in [0, 0.1) is 17.8 Å². The van der Waals surface area contributed by atoms with Crippen LogP contribution in [0.15, 0.2) is 59.5 Å². The quantitative estimate of drug-likeness (QED) is 0.171. The predicted molar refractivity (Wildman–Crippen MR) is 206 cm³/mol. The number of hydrogen-bond acceptors (Lipinski definition) is 11. The van der Waals surface area contributed by atoms with Gasteiger partial charge in [0.1, 0.15) is 6.04 Å². The van der Waals surface area contributed by atoms with Crippen LogP contribution in [-0.4, -0.2) is 112 Å². The monoisotopic (exact) mass is 841 g/mol. The van der Waals surface area contributed by atoms with E-state index >= 15 is 0 Å². The minimum atomic E-state index is -5.15. The topological polar surface area (TPSA) is 190 Å². The number of methoxy groups -OCH3 is 2. The molecule has 4 amide bonds. The molecule has 19 heteroatoms. The number of likely N-dealkylation sites (tertiary alicyclic amines) is 1. The van der Waals surface area contributed by atoms with Gasteiger partial charge in [0.15, 0.2) is 0 Å². The van der Waals surface area contributed by atoms with E-state index in [-0.39, 0.29) is 35.8 Å². The number of halogens is 3.